The maximum Gasteiger partial charge on any atom is 0.236 e. The third kappa shape index (κ3) is 5.06. The molecule has 1 unspecified atom stereocenters. The van der Waals surface area contributed by atoms with Gasteiger partial charge in [0.2, 0.25) is 5.91 Å². The standard InChI is InChI=1S/C16H30N2O2/c1-2-17(12-15-8-11-20-14-15)13-16(19)18-9-6-4-3-5-7-10-18/h15H,2-14H2,1H3. The normalized spacial score (nSPS) is 24.7. The Hall–Kier alpha value is -0.610. The van der Waals surface area contributed by atoms with Crippen molar-refractivity contribution >= 4 is 5.91 Å². The highest BCUT2D eigenvalue weighted by Crippen LogP contribution is 2.15. The summed E-state index contributed by atoms with van der Waals surface area (Å²) in [6.07, 6.45) is 7.39. The van der Waals surface area contributed by atoms with E-state index in [9.17, 15) is 4.79 Å². The van der Waals surface area contributed by atoms with Gasteiger partial charge in [-0.2, -0.15) is 0 Å². The molecule has 0 N–H and O–H groups in total. The van der Waals surface area contributed by atoms with Crippen molar-refractivity contribution in [3.05, 3.63) is 0 Å². The molecule has 1 atom stereocenters. The van der Waals surface area contributed by atoms with Crippen LogP contribution in [-0.4, -0.2) is 61.6 Å². The first-order valence-corrected chi connectivity index (χ1v) is 8.37. The largest absolute Gasteiger partial charge is 0.381 e. The predicted molar refractivity (Wildman–Crippen MR) is 80.7 cm³/mol. The summed E-state index contributed by atoms with van der Waals surface area (Å²) in [7, 11) is 0. The van der Waals surface area contributed by atoms with Crippen molar-refractivity contribution in [1.29, 1.82) is 0 Å². The van der Waals surface area contributed by atoms with Gasteiger partial charge in [-0.3, -0.25) is 9.69 Å². The van der Waals surface area contributed by atoms with Gasteiger partial charge in [0.25, 0.3) is 0 Å². The Kier molecular flexibility index (Phi) is 6.80. The van der Waals surface area contributed by atoms with Crippen LogP contribution in [0.15, 0.2) is 0 Å². The van der Waals surface area contributed by atoms with Gasteiger partial charge in [0.1, 0.15) is 0 Å². The molecule has 2 fully saturated rings. The van der Waals surface area contributed by atoms with Crippen molar-refractivity contribution < 1.29 is 9.53 Å². The molecule has 0 saturated carbocycles. The molecule has 0 aromatic carbocycles. The Labute approximate surface area is 123 Å². The van der Waals surface area contributed by atoms with Gasteiger partial charge in [0.15, 0.2) is 0 Å². The van der Waals surface area contributed by atoms with E-state index in [1.807, 2.05) is 0 Å². The topological polar surface area (TPSA) is 32.8 Å². The zero-order valence-electron chi connectivity index (χ0n) is 13.0. The highest BCUT2D eigenvalue weighted by molar-refractivity contribution is 5.78. The molecule has 2 rings (SSSR count). The molecule has 1 amide bonds. The van der Waals surface area contributed by atoms with Crippen LogP contribution in [0.25, 0.3) is 0 Å². The fraction of sp³-hybridized carbons (Fsp3) is 0.938. The van der Waals surface area contributed by atoms with E-state index in [4.69, 9.17) is 4.74 Å². The lowest BCUT2D eigenvalue weighted by atomic mass is 10.1. The van der Waals surface area contributed by atoms with E-state index < -0.39 is 0 Å². The van der Waals surface area contributed by atoms with Gasteiger partial charge in [-0.1, -0.05) is 26.2 Å². The molecule has 0 spiro atoms. The van der Waals surface area contributed by atoms with Crippen LogP contribution >= 0.6 is 0 Å². The number of hydrogen-bond acceptors (Lipinski definition) is 3. The van der Waals surface area contributed by atoms with E-state index in [0.717, 1.165) is 45.8 Å². The molecule has 0 radical (unpaired) electrons. The third-order valence-corrected chi connectivity index (χ3v) is 4.56. The van der Waals surface area contributed by atoms with Gasteiger partial charge in [0.05, 0.1) is 13.2 Å². The minimum Gasteiger partial charge on any atom is -0.381 e. The Morgan fingerprint density at radius 3 is 2.50 bits per heavy atom. The van der Waals surface area contributed by atoms with E-state index in [0.29, 0.717) is 18.4 Å². The van der Waals surface area contributed by atoms with Crippen LogP contribution in [0.5, 0.6) is 0 Å². The molecule has 2 heterocycles. The minimum atomic E-state index is 0.327. The van der Waals surface area contributed by atoms with Gasteiger partial charge in [0, 0.05) is 26.2 Å². The molecule has 116 valence electrons. The van der Waals surface area contributed by atoms with E-state index in [1.165, 1.54) is 32.1 Å². The number of hydrogen-bond donors (Lipinski definition) is 0. The van der Waals surface area contributed by atoms with Crippen LogP contribution < -0.4 is 0 Å². The lowest BCUT2D eigenvalue weighted by Gasteiger charge is -2.29. The number of likely N-dealkylation sites (N-methyl/N-ethyl adjacent to an activating group) is 1. The second-order valence-electron chi connectivity index (χ2n) is 6.21. The Morgan fingerprint density at radius 1 is 1.20 bits per heavy atom. The molecule has 4 nitrogen and oxygen atoms in total. The molecular formula is C16H30N2O2. The SMILES string of the molecule is CCN(CC(=O)N1CCCCCCC1)CC1CCOC1. The summed E-state index contributed by atoms with van der Waals surface area (Å²) in [5, 5.41) is 0. The summed E-state index contributed by atoms with van der Waals surface area (Å²) < 4.78 is 5.43. The predicted octanol–water partition coefficient (Wildman–Crippen LogP) is 2.14. The second-order valence-corrected chi connectivity index (χ2v) is 6.21. The summed E-state index contributed by atoms with van der Waals surface area (Å²) in [5.74, 6) is 0.947. The number of nitrogens with zero attached hydrogens (tertiary/aromatic N) is 2. The molecule has 4 heteroatoms. The average Bonchev–Trinajstić information content (AvgIpc) is 2.90. The van der Waals surface area contributed by atoms with Gasteiger partial charge >= 0.3 is 0 Å². The first kappa shape index (κ1) is 15.8. The number of amides is 1. The number of ether oxygens (including phenoxy) is 1. The van der Waals surface area contributed by atoms with Crippen LogP contribution in [0, 0.1) is 5.92 Å². The summed E-state index contributed by atoms with van der Waals surface area (Å²) >= 11 is 0. The van der Waals surface area contributed by atoms with E-state index >= 15 is 0 Å². The molecule has 0 aliphatic carbocycles. The van der Waals surface area contributed by atoms with Crippen LogP contribution in [0.4, 0.5) is 0 Å². The molecule has 0 bridgehead atoms. The van der Waals surface area contributed by atoms with Gasteiger partial charge in [-0.25, -0.2) is 0 Å². The third-order valence-electron chi connectivity index (χ3n) is 4.56. The van der Waals surface area contributed by atoms with Crippen molar-refractivity contribution in [3.8, 4) is 0 Å². The zero-order valence-corrected chi connectivity index (χ0v) is 13.0. The van der Waals surface area contributed by atoms with Crippen LogP contribution in [0.3, 0.4) is 0 Å². The van der Waals surface area contributed by atoms with Crippen molar-refractivity contribution in [2.75, 3.05) is 45.9 Å². The smallest absolute Gasteiger partial charge is 0.236 e. The van der Waals surface area contributed by atoms with Crippen LogP contribution in [-0.2, 0) is 9.53 Å². The average molecular weight is 282 g/mol. The minimum absolute atomic E-state index is 0.327. The Bertz CT molecular complexity index is 282. The number of carbonyl (C=O) groups is 1. The Balaban J connectivity index is 1.77. The van der Waals surface area contributed by atoms with Crippen LogP contribution in [0.2, 0.25) is 0 Å². The number of carbonyl (C=O) groups excluding carboxylic acids is 1. The maximum absolute atomic E-state index is 12.5. The summed E-state index contributed by atoms with van der Waals surface area (Å²) in [5.41, 5.74) is 0. The molecular weight excluding hydrogens is 252 g/mol. The van der Waals surface area contributed by atoms with E-state index in [2.05, 4.69) is 16.7 Å². The van der Waals surface area contributed by atoms with Crippen molar-refractivity contribution in [3.63, 3.8) is 0 Å². The molecule has 2 aliphatic heterocycles. The number of likely N-dealkylation sites (tertiary alicyclic amines) is 1. The molecule has 0 aromatic rings. The number of rotatable bonds is 5. The van der Waals surface area contributed by atoms with Gasteiger partial charge < -0.3 is 9.64 Å². The fourth-order valence-corrected chi connectivity index (χ4v) is 3.19. The van der Waals surface area contributed by atoms with Crippen molar-refractivity contribution in [2.45, 2.75) is 45.4 Å². The van der Waals surface area contributed by atoms with Crippen molar-refractivity contribution in [1.82, 2.24) is 9.80 Å². The molecule has 2 saturated heterocycles. The Morgan fingerprint density at radius 2 is 1.90 bits per heavy atom. The summed E-state index contributed by atoms with van der Waals surface area (Å²) in [6.45, 7) is 8.39. The van der Waals surface area contributed by atoms with E-state index in [1.54, 1.807) is 0 Å². The fourth-order valence-electron chi connectivity index (χ4n) is 3.19. The molecule has 20 heavy (non-hydrogen) atoms. The summed E-state index contributed by atoms with van der Waals surface area (Å²) in [4.78, 5) is 16.8. The monoisotopic (exact) mass is 282 g/mol. The van der Waals surface area contributed by atoms with Gasteiger partial charge in [-0.15, -0.1) is 0 Å². The van der Waals surface area contributed by atoms with Gasteiger partial charge in [-0.05, 0) is 31.7 Å². The first-order valence-electron chi connectivity index (χ1n) is 8.37. The zero-order chi connectivity index (χ0) is 14.2. The molecule has 0 aromatic heterocycles. The second kappa shape index (κ2) is 8.63. The van der Waals surface area contributed by atoms with Crippen molar-refractivity contribution in [2.24, 2.45) is 5.92 Å². The lowest BCUT2D eigenvalue weighted by molar-refractivity contribution is -0.132. The lowest BCUT2D eigenvalue weighted by Crippen LogP contribution is -2.43. The highest BCUT2D eigenvalue weighted by Gasteiger charge is 2.22. The van der Waals surface area contributed by atoms with Crippen LogP contribution in [0.1, 0.15) is 45.4 Å². The highest BCUT2D eigenvalue weighted by atomic mass is 16.5. The first-order chi connectivity index (χ1) is 9.79. The quantitative estimate of drug-likeness (QED) is 0.774. The summed E-state index contributed by atoms with van der Waals surface area (Å²) in [6, 6.07) is 0. The maximum atomic E-state index is 12.5. The van der Waals surface area contributed by atoms with E-state index in [-0.39, 0.29) is 0 Å². The molecule has 2 aliphatic rings.